The number of allylic oxidation sites excluding steroid dienone is 3. The van der Waals surface area contributed by atoms with Gasteiger partial charge in [0.25, 0.3) is 11.1 Å². The first kappa shape index (κ1) is 12.1. The van der Waals surface area contributed by atoms with Crippen LogP contribution in [-0.4, -0.2) is 11.1 Å². The molecule has 1 saturated heterocycles. The normalized spacial score (nSPS) is 16.3. The Morgan fingerprint density at radius 3 is 2.72 bits per heavy atom. The van der Waals surface area contributed by atoms with Crippen LogP contribution in [0.4, 0.5) is 0 Å². The molecule has 88 valence electrons. The topological polar surface area (TPSA) is 38.3 Å². The summed E-state index contributed by atoms with van der Waals surface area (Å²) in [6.45, 7) is 0. The number of ether oxygens (including phenoxy) is 1. The van der Waals surface area contributed by atoms with Gasteiger partial charge in [0.1, 0.15) is 0 Å². The zero-order valence-electron chi connectivity index (χ0n) is 9.34. The molecule has 1 aliphatic rings. The Bertz CT molecular complexity index is 591. The van der Waals surface area contributed by atoms with Crippen LogP contribution in [0.3, 0.4) is 0 Å². The Hall–Kier alpha value is -2.38. The van der Waals surface area contributed by atoms with Crippen LogP contribution in [0.2, 0.25) is 0 Å². The van der Waals surface area contributed by atoms with Gasteiger partial charge < -0.3 is 4.74 Å². The summed E-state index contributed by atoms with van der Waals surface area (Å²) in [4.78, 5) is 11.2. The lowest BCUT2D eigenvalue weighted by Crippen LogP contribution is -2.18. The average Bonchev–Trinajstić information content (AvgIpc) is 2.69. The van der Waals surface area contributed by atoms with E-state index in [-0.39, 0.29) is 16.8 Å². The highest BCUT2D eigenvalue weighted by molar-refractivity contribution is 7.80. The fraction of sp³-hybridized carbons (Fsp3) is 0. The Morgan fingerprint density at radius 2 is 2.06 bits per heavy atom. The maximum absolute atomic E-state index is 11.2. The minimum Gasteiger partial charge on any atom is -0.426 e. The number of thiocarbonyl (C=S) groups is 1. The Kier molecular flexibility index (Phi) is 3.90. The van der Waals surface area contributed by atoms with Crippen molar-refractivity contribution >= 4 is 23.3 Å². The molecule has 1 aromatic carbocycles. The summed E-state index contributed by atoms with van der Waals surface area (Å²) < 4.78 is 4.97. The van der Waals surface area contributed by atoms with Crippen molar-refractivity contribution in [3.05, 3.63) is 59.9 Å². The number of rotatable bonds is 1. The number of benzene rings is 1. The smallest absolute Gasteiger partial charge is 0.294 e. The second-order valence-corrected chi connectivity index (χ2v) is 3.74. The fourth-order valence-corrected chi connectivity index (χ4v) is 1.45. The predicted molar refractivity (Wildman–Crippen MR) is 72.4 cm³/mol. The number of hydrogen-bond acceptors (Lipinski definition) is 3. The molecule has 1 aliphatic heterocycles. The molecule has 1 heterocycles. The molecular weight excluding hydrogens is 246 g/mol. The second-order valence-electron chi connectivity index (χ2n) is 3.37. The van der Waals surface area contributed by atoms with E-state index in [9.17, 15) is 4.79 Å². The van der Waals surface area contributed by atoms with E-state index in [2.05, 4.69) is 17.2 Å². The molecule has 0 unspecified atom stereocenters. The lowest BCUT2D eigenvalue weighted by atomic mass is 10.2. The van der Waals surface area contributed by atoms with E-state index in [4.69, 9.17) is 17.0 Å². The number of hydrogen-bond donors (Lipinski definition) is 1. The van der Waals surface area contributed by atoms with Crippen molar-refractivity contribution in [2.75, 3.05) is 0 Å². The van der Waals surface area contributed by atoms with Crippen molar-refractivity contribution in [3.63, 3.8) is 0 Å². The molecule has 1 amide bonds. The minimum absolute atomic E-state index is 0.0787. The summed E-state index contributed by atoms with van der Waals surface area (Å²) >= 11 is 4.69. The van der Waals surface area contributed by atoms with E-state index in [0.29, 0.717) is 0 Å². The Balaban J connectivity index is 1.97. The highest BCUT2D eigenvalue weighted by Crippen LogP contribution is 2.06. The lowest BCUT2D eigenvalue weighted by molar-refractivity contribution is -0.116. The molecular formula is C14H9NO2S. The monoisotopic (exact) mass is 255 g/mol. The van der Waals surface area contributed by atoms with Gasteiger partial charge in [0.15, 0.2) is 5.76 Å². The van der Waals surface area contributed by atoms with E-state index in [0.717, 1.165) is 5.56 Å². The fourth-order valence-electron chi connectivity index (χ4n) is 1.27. The third-order valence-electron chi connectivity index (χ3n) is 2.06. The van der Waals surface area contributed by atoms with Crippen LogP contribution in [0.25, 0.3) is 0 Å². The number of carbonyl (C=O) groups is 1. The van der Waals surface area contributed by atoms with Crippen molar-refractivity contribution in [2.24, 2.45) is 0 Å². The maximum atomic E-state index is 11.2. The molecule has 3 nitrogen and oxygen atoms in total. The molecule has 1 aromatic rings. The summed E-state index contributed by atoms with van der Waals surface area (Å²) in [5.74, 6) is 5.66. The third-order valence-corrected chi connectivity index (χ3v) is 2.24. The highest BCUT2D eigenvalue weighted by Gasteiger charge is 2.21. The lowest BCUT2D eigenvalue weighted by Gasteiger charge is -1.88. The molecule has 1 fully saturated rings. The van der Waals surface area contributed by atoms with Crippen LogP contribution in [0, 0.1) is 11.8 Å². The molecule has 4 heteroatoms. The summed E-state index contributed by atoms with van der Waals surface area (Å²) in [5, 5.41) is 2.44. The van der Waals surface area contributed by atoms with Crippen LogP contribution in [0.1, 0.15) is 5.56 Å². The first-order chi connectivity index (χ1) is 8.75. The predicted octanol–water partition coefficient (Wildman–Crippen LogP) is 1.91. The van der Waals surface area contributed by atoms with E-state index in [1.165, 1.54) is 6.08 Å². The van der Waals surface area contributed by atoms with Gasteiger partial charge >= 0.3 is 0 Å². The van der Waals surface area contributed by atoms with Crippen molar-refractivity contribution in [1.82, 2.24) is 5.32 Å². The molecule has 18 heavy (non-hydrogen) atoms. The molecule has 0 spiro atoms. The summed E-state index contributed by atoms with van der Waals surface area (Å²) in [5.41, 5.74) is 0.936. The molecule has 1 N–H and O–H groups in total. The van der Waals surface area contributed by atoms with Gasteiger partial charge in [-0.1, -0.05) is 30.0 Å². The zero-order valence-corrected chi connectivity index (χ0v) is 10.2. The molecule has 0 saturated carbocycles. The summed E-state index contributed by atoms with van der Waals surface area (Å²) in [6, 6.07) is 9.63. The second kappa shape index (κ2) is 5.80. The number of nitrogens with one attached hydrogen (secondary N) is 1. The van der Waals surface area contributed by atoms with Crippen LogP contribution >= 0.6 is 12.2 Å². The maximum Gasteiger partial charge on any atom is 0.294 e. The molecule has 0 radical (unpaired) electrons. The Morgan fingerprint density at radius 1 is 1.28 bits per heavy atom. The van der Waals surface area contributed by atoms with Crippen LogP contribution in [-0.2, 0) is 9.53 Å². The largest absolute Gasteiger partial charge is 0.426 e. The van der Waals surface area contributed by atoms with Crippen molar-refractivity contribution in [3.8, 4) is 11.8 Å². The van der Waals surface area contributed by atoms with Gasteiger partial charge in [-0.3, -0.25) is 10.1 Å². The van der Waals surface area contributed by atoms with Gasteiger partial charge in [-0.05, 0) is 42.6 Å². The average molecular weight is 255 g/mol. The number of amides is 1. The molecule has 2 rings (SSSR count). The number of carbonyl (C=O) groups excluding carboxylic acids is 1. The van der Waals surface area contributed by atoms with Gasteiger partial charge in [-0.25, -0.2) is 0 Å². The molecule has 0 bridgehead atoms. The third kappa shape index (κ3) is 3.30. The molecule has 0 atom stereocenters. The van der Waals surface area contributed by atoms with Crippen LogP contribution in [0.5, 0.6) is 0 Å². The minimum atomic E-state index is -0.333. The first-order valence-corrected chi connectivity index (χ1v) is 5.63. The van der Waals surface area contributed by atoms with E-state index in [1.807, 2.05) is 30.3 Å². The van der Waals surface area contributed by atoms with Crippen molar-refractivity contribution in [1.29, 1.82) is 0 Å². The van der Waals surface area contributed by atoms with E-state index < -0.39 is 0 Å². The van der Waals surface area contributed by atoms with Gasteiger partial charge in [-0.15, -0.1) is 0 Å². The van der Waals surface area contributed by atoms with E-state index in [1.54, 1.807) is 12.2 Å². The van der Waals surface area contributed by atoms with Crippen LogP contribution in [0.15, 0.2) is 54.3 Å². The van der Waals surface area contributed by atoms with Crippen molar-refractivity contribution < 1.29 is 9.53 Å². The molecule has 0 aliphatic carbocycles. The quantitative estimate of drug-likeness (QED) is 0.473. The van der Waals surface area contributed by atoms with E-state index >= 15 is 0 Å². The summed E-state index contributed by atoms with van der Waals surface area (Å²) in [7, 11) is 0. The van der Waals surface area contributed by atoms with Crippen LogP contribution < -0.4 is 5.32 Å². The summed E-state index contributed by atoms with van der Waals surface area (Å²) in [6.07, 6.45) is 4.80. The highest BCUT2D eigenvalue weighted by atomic mass is 32.1. The first-order valence-electron chi connectivity index (χ1n) is 5.22. The van der Waals surface area contributed by atoms with Gasteiger partial charge in [0.05, 0.1) is 0 Å². The zero-order chi connectivity index (χ0) is 12.8. The Labute approximate surface area is 110 Å². The molecule has 0 aromatic heterocycles. The van der Waals surface area contributed by atoms with Gasteiger partial charge in [-0.2, -0.15) is 0 Å². The van der Waals surface area contributed by atoms with Gasteiger partial charge in [0.2, 0.25) is 0 Å². The SMILES string of the molecule is O=C1NC(=S)OC1=CC=CC#Cc1ccccc1. The standard InChI is InChI=1S/C14H9NO2S/c16-13-12(17-14(18)15-13)10-6-2-5-9-11-7-3-1-4-8-11/h1-4,6-8,10H,(H,15,16,18). The van der Waals surface area contributed by atoms with Crippen molar-refractivity contribution in [2.45, 2.75) is 0 Å². The van der Waals surface area contributed by atoms with Gasteiger partial charge in [0, 0.05) is 5.56 Å².